The molecule has 0 aliphatic carbocycles. The van der Waals surface area contributed by atoms with Crippen LogP contribution < -0.4 is 0 Å². The molecule has 1 unspecified atom stereocenters. The molecular weight excluding hydrogens is 362 g/mol. The minimum absolute atomic E-state index is 0.269. The Morgan fingerprint density at radius 3 is 2.72 bits per heavy atom. The van der Waals surface area contributed by atoms with Crippen molar-refractivity contribution < 1.29 is 9.50 Å². The van der Waals surface area contributed by atoms with Crippen molar-refractivity contribution in [1.82, 2.24) is 0 Å². The predicted octanol–water partition coefficient (Wildman–Crippen LogP) is 5.23. The van der Waals surface area contributed by atoms with Crippen molar-refractivity contribution in [2.24, 2.45) is 0 Å². The first kappa shape index (κ1) is 14.3. The molecule has 6 heteroatoms. The van der Waals surface area contributed by atoms with Crippen molar-refractivity contribution in [3.8, 4) is 0 Å². The lowest BCUT2D eigenvalue weighted by molar-refractivity contribution is 0.178. The third kappa shape index (κ3) is 3.06. The molecule has 0 saturated heterocycles. The van der Waals surface area contributed by atoms with Crippen molar-refractivity contribution in [1.29, 1.82) is 0 Å². The number of hydrogen-bond donors (Lipinski definition) is 1. The summed E-state index contributed by atoms with van der Waals surface area (Å²) in [4.78, 5) is 0. The number of hydrogen-bond acceptors (Lipinski definition) is 2. The second kappa shape index (κ2) is 5.88. The molecule has 0 radical (unpaired) electrons. The Morgan fingerprint density at radius 2 is 2.11 bits per heavy atom. The molecule has 1 heterocycles. The standard InChI is InChI=1S/C12H8BrCl2FOS/c13-11-6(2-1-3-8(11)16)4-9(17)7-5-10(14)18-12(7)15/h1-3,5,9,17H,4H2. The van der Waals surface area contributed by atoms with Crippen molar-refractivity contribution in [2.75, 3.05) is 0 Å². The number of aliphatic hydroxyl groups excluding tert-OH is 1. The highest BCUT2D eigenvalue weighted by molar-refractivity contribution is 9.10. The van der Waals surface area contributed by atoms with Crippen molar-refractivity contribution in [3.05, 3.63) is 54.4 Å². The second-order valence-electron chi connectivity index (χ2n) is 3.71. The average Bonchev–Trinajstić information content (AvgIpc) is 2.64. The van der Waals surface area contributed by atoms with E-state index < -0.39 is 6.10 Å². The molecule has 0 aliphatic heterocycles. The van der Waals surface area contributed by atoms with Crippen LogP contribution in [0.5, 0.6) is 0 Å². The van der Waals surface area contributed by atoms with Gasteiger partial charge in [-0.3, -0.25) is 0 Å². The molecule has 1 N–H and O–H groups in total. The first-order chi connectivity index (χ1) is 8.49. The van der Waals surface area contributed by atoms with E-state index in [0.717, 1.165) is 0 Å². The zero-order chi connectivity index (χ0) is 13.3. The fraction of sp³-hybridized carbons (Fsp3) is 0.167. The number of halogens is 4. The highest BCUT2D eigenvalue weighted by Gasteiger charge is 2.17. The Kier molecular flexibility index (Phi) is 4.67. The van der Waals surface area contributed by atoms with Gasteiger partial charge in [-0.2, -0.15) is 0 Å². The van der Waals surface area contributed by atoms with Crippen LogP contribution in [0.2, 0.25) is 8.67 Å². The van der Waals surface area contributed by atoms with Crippen LogP contribution in [0.3, 0.4) is 0 Å². The summed E-state index contributed by atoms with van der Waals surface area (Å²) < 4.78 is 14.7. The van der Waals surface area contributed by atoms with E-state index in [-0.39, 0.29) is 12.2 Å². The molecule has 1 atom stereocenters. The summed E-state index contributed by atoms with van der Waals surface area (Å²) in [5.41, 5.74) is 1.25. The van der Waals surface area contributed by atoms with Gasteiger partial charge in [0.25, 0.3) is 0 Å². The number of rotatable bonds is 3. The van der Waals surface area contributed by atoms with Crippen LogP contribution in [0.4, 0.5) is 4.39 Å². The highest BCUT2D eigenvalue weighted by atomic mass is 79.9. The monoisotopic (exact) mass is 368 g/mol. The molecule has 0 fully saturated rings. The van der Waals surface area contributed by atoms with Gasteiger partial charge in [-0.05, 0) is 33.6 Å². The Hall–Kier alpha value is -0.130. The number of benzene rings is 1. The smallest absolute Gasteiger partial charge is 0.137 e. The van der Waals surface area contributed by atoms with Crippen LogP contribution in [0.1, 0.15) is 17.2 Å². The average molecular weight is 370 g/mol. The highest BCUT2D eigenvalue weighted by Crippen LogP contribution is 2.36. The van der Waals surface area contributed by atoms with E-state index in [1.54, 1.807) is 18.2 Å². The lowest BCUT2D eigenvalue weighted by Crippen LogP contribution is -2.02. The van der Waals surface area contributed by atoms with E-state index in [2.05, 4.69) is 15.9 Å². The fourth-order valence-corrected chi connectivity index (χ4v) is 3.60. The maximum Gasteiger partial charge on any atom is 0.137 e. The molecule has 0 spiro atoms. The van der Waals surface area contributed by atoms with Crippen LogP contribution >= 0.6 is 50.5 Å². The summed E-state index contributed by atoms with van der Waals surface area (Å²) in [6.45, 7) is 0. The topological polar surface area (TPSA) is 20.2 Å². The van der Waals surface area contributed by atoms with E-state index in [0.29, 0.717) is 24.3 Å². The molecule has 2 rings (SSSR count). The van der Waals surface area contributed by atoms with Crippen LogP contribution in [-0.4, -0.2) is 5.11 Å². The summed E-state index contributed by atoms with van der Waals surface area (Å²) >= 11 is 16.2. The van der Waals surface area contributed by atoms with Crippen LogP contribution in [0, 0.1) is 5.82 Å². The molecule has 1 aromatic heterocycles. The van der Waals surface area contributed by atoms with E-state index in [4.69, 9.17) is 23.2 Å². The van der Waals surface area contributed by atoms with Gasteiger partial charge in [0.1, 0.15) is 10.2 Å². The minimum atomic E-state index is -0.806. The van der Waals surface area contributed by atoms with Crippen molar-refractivity contribution >= 4 is 50.5 Å². The molecular formula is C12H8BrCl2FOS. The van der Waals surface area contributed by atoms with Gasteiger partial charge < -0.3 is 5.11 Å². The Balaban J connectivity index is 2.24. The summed E-state index contributed by atoms with van der Waals surface area (Å²) in [7, 11) is 0. The Labute approximate surface area is 126 Å². The van der Waals surface area contributed by atoms with Gasteiger partial charge in [-0.15, -0.1) is 11.3 Å². The lowest BCUT2D eigenvalue weighted by atomic mass is 10.0. The summed E-state index contributed by atoms with van der Waals surface area (Å²) in [6, 6.07) is 6.34. The molecule has 0 aliphatic rings. The molecule has 1 nitrogen and oxygen atoms in total. The van der Waals surface area contributed by atoms with E-state index >= 15 is 0 Å². The van der Waals surface area contributed by atoms with Gasteiger partial charge in [-0.25, -0.2) is 4.39 Å². The van der Waals surface area contributed by atoms with Crippen LogP contribution in [-0.2, 0) is 6.42 Å². The molecule has 1 aromatic carbocycles. The Morgan fingerprint density at radius 1 is 1.39 bits per heavy atom. The third-order valence-corrected chi connectivity index (χ3v) is 4.89. The van der Waals surface area contributed by atoms with Gasteiger partial charge in [0, 0.05) is 12.0 Å². The van der Waals surface area contributed by atoms with E-state index in [1.165, 1.54) is 17.4 Å². The summed E-state index contributed by atoms with van der Waals surface area (Å²) in [5, 5.41) is 10.1. The van der Waals surface area contributed by atoms with Crippen LogP contribution in [0.15, 0.2) is 28.7 Å². The number of aliphatic hydroxyl groups is 1. The second-order valence-corrected chi connectivity index (χ2v) is 6.79. The van der Waals surface area contributed by atoms with Crippen LogP contribution in [0.25, 0.3) is 0 Å². The van der Waals surface area contributed by atoms with Crippen molar-refractivity contribution in [2.45, 2.75) is 12.5 Å². The Bertz CT molecular complexity index is 573. The minimum Gasteiger partial charge on any atom is -0.388 e. The maximum atomic E-state index is 13.3. The molecule has 96 valence electrons. The van der Waals surface area contributed by atoms with Gasteiger partial charge >= 0.3 is 0 Å². The maximum absolute atomic E-state index is 13.3. The molecule has 0 saturated carbocycles. The largest absolute Gasteiger partial charge is 0.388 e. The predicted molar refractivity (Wildman–Crippen MR) is 77.1 cm³/mol. The normalized spacial score (nSPS) is 12.7. The zero-order valence-electron chi connectivity index (χ0n) is 8.96. The fourth-order valence-electron chi connectivity index (χ4n) is 1.60. The lowest BCUT2D eigenvalue weighted by Gasteiger charge is -2.11. The van der Waals surface area contributed by atoms with Gasteiger partial charge in [0.05, 0.1) is 14.9 Å². The molecule has 0 amide bonds. The van der Waals surface area contributed by atoms with Gasteiger partial charge in [-0.1, -0.05) is 35.3 Å². The molecule has 18 heavy (non-hydrogen) atoms. The molecule has 0 bridgehead atoms. The van der Waals surface area contributed by atoms with E-state index in [9.17, 15) is 9.50 Å². The first-order valence-electron chi connectivity index (χ1n) is 5.04. The third-order valence-electron chi connectivity index (χ3n) is 2.49. The summed E-state index contributed by atoms with van der Waals surface area (Å²) in [6.07, 6.45) is -0.537. The number of thiophene rings is 1. The molecule has 2 aromatic rings. The quantitative estimate of drug-likeness (QED) is 0.784. The van der Waals surface area contributed by atoms with Gasteiger partial charge in [0.15, 0.2) is 0 Å². The zero-order valence-corrected chi connectivity index (χ0v) is 12.9. The van der Waals surface area contributed by atoms with E-state index in [1.807, 2.05) is 0 Å². The van der Waals surface area contributed by atoms with Crippen molar-refractivity contribution in [3.63, 3.8) is 0 Å². The first-order valence-corrected chi connectivity index (χ1v) is 7.41. The SMILES string of the molecule is OC(Cc1cccc(F)c1Br)c1cc(Cl)sc1Cl. The van der Waals surface area contributed by atoms with Gasteiger partial charge in [0.2, 0.25) is 0 Å². The summed E-state index contributed by atoms with van der Waals surface area (Å²) in [5.74, 6) is -0.353.